The monoisotopic (exact) mass is 1750 g/mol. The minimum absolute atomic E-state index is 0.339. The molecule has 0 amide bonds. The van der Waals surface area contributed by atoms with Crippen LogP contribution in [0.1, 0.15) is 363 Å². The van der Waals surface area contributed by atoms with Crippen molar-refractivity contribution in [1.82, 2.24) is 133 Å². The molecule has 0 aliphatic rings. The van der Waals surface area contributed by atoms with Crippen LogP contribution in [-0.2, 0) is 13.6 Å². The van der Waals surface area contributed by atoms with Crippen LogP contribution in [0.15, 0.2) is 151 Å². The quantitative estimate of drug-likeness (QED) is 0.0636. The van der Waals surface area contributed by atoms with E-state index in [9.17, 15) is 0 Å². The maximum Gasteiger partial charge on any atom is 0.219 e. The lowest BCUT2D eigenvalue weighted by molar-refractivity contribution is 0.447. The lowest BCUT2D eigenvalue weighted by atomic mass is 10.1. The fraction of sp³-hybridized carbons (Fsp3) is 0.565. The van der Waals surface area contributed by atoms with Gasteiger partial charge < -0.3 is 40.2 Å². The topological polar surface area (TPSA) is 387 Å². The molecule has 125 heavy (non-hydrogen) atoms. The van der Waals surface area contributed by atoms with Gasteiger partial charge in [-0.3, -0.25) is 33.2 Å². The van der Waals surface area contributed by atoms with Gasteiger partial charge in [0.25, 0.3) is 0 Å². The summed E-state index contributed by atoms with van der Waals surface area (Å²) >= 11 is 1.67. The number of oxazole rings is 1. The summed E-state index contributed by atoms with van der Waals surface area (Å²) in [6.45, 7) is 75.7. The Hall–Kier alpha value is -11.4. The summed E-state index contributed by atoms with van der Waals surface area (Å²) in [6.07, 6.45) is 39.2. The first-order valence-electron chi connectivity index (χ1n) is 43.5. The van der Waals surface area contributed by atoms with Crippen LogP contribution in [0.4, 0.5) is 17.1 Å². The third kappa shape index (κ3) is 46.2. The Bertz CT molecular complexity index is 4360. The SMILES string of the molecule is CC(C)c1cc[nH]c1.CC(C)c1cnn(C)c1.CC(C)n1cc(N)cn1.CC(C)n1cccn1.CC(C)n1ccnc1.CC(C)n1nccn1.CCn1cc(C(C)C)cn1.Cc1[nH]ncc1C(C)C.Cc1c(N)cnn1C(C)C.Cc1cn(C(C)C)cn1.Cc1cnc(C(C)C)o1.Cc1nn(C(C)C)cc1N.Cc1nnc(C(C)C)o1.Cc1nnc(C(C)C)s1. The zero-order chi connectivity index (χ0) is 94.9. The van der Waals surface area contributed by atoms with E-state index in [1.165, 1.54) is 27.9 Å². The number of nitrogen functional groups attached to an aromatic ring is 3. The van der Waals surface area contributed by atoms with E-state index in [1.807, 2.05) is 191 Å². The maximum atomic E-state index is 5.60. The van der Waals surface area contributed by atoms with Crippen molar-refractivity contribution in [3.05, 3.63) is 221 Å². The normalized spacial score (nSPS) is 10.6. The molecule has 0 aliphatic carbocycles. The number of H-pyrrole nitrogens is 2. The first-order chi connectivity index (χ1) is 58.6. The molecule has 32 nitrogen and oxygen atoms in total. The van der Waals surface area contributed by atoms with Crippen LogP contribution in [0.25, 0.3) is 0 Å². The van der Waals surface area contributed by atoms with Crippen LogP contribution in [0, 0.1) is 48.5 Å². The van der Waals surface area contributed by atoms with Crippen LogP contribution in [-0.4, -0.2) is 133 Å². The predicted molar refractivity (Wildman–Crippen MR) is 512 cm³/mol. The lowest BCUT2D eigenvalue weighted by Gasteiger charge is -2.06. The smallest absolute Gasteiger partial charge is 0.219 e. The number of anilines is 3. The van der Waals surface area contributed by atoms with E-state index in [-0.39, 0.29) is 0 Å². The van der Waals surface area contributed by atoms with Gasteiger partial charge >= 0.3 is 0 Å². The highest BCUT2D eigenvalue weighted by Gasteiger charge is 2.10. The molecule has 0 spiro atoms. The van der Waals surface area contributed by atoms with Gasteiger partial charge in [0.1, 0.15) is 15.8 Å². The van der Waals surface area contributed by atoms with Crippen molar-refractivity contribution in [2.24, 2.45) is 7.05 Å². The number of aryl methyl sites for hydroxylation is 8. The summed E-state index contributed by atoms with van der Waals surface area (Å²) in [5, 5.41) is 56.8. The van der Waals surface area contributed by atoms with E-state index in [0.29, 0.717) is 95.5 Å². The summed E-state index contributed by atoms with van der Waals surface area (Å²) in [6, 6.07) is 7.18. The van der Waals surface area contributed by atoms with Gasteiger partial charge in [-0.05, 0) is 203 Å². The molecule has 14 aromatic rings. The van der Waals surface area contributed by atoms with E-state index in [4.69, 9.17) is 26.0 Å². The third-order valence-corrected chi connectivity index (χ3v) is 18.8. The molecule has 0 aromatic carbocycles. The van der Waals surface area contributed by atoms with Gasteiger partial charge in [-0.2, -0.15) is 50.7 Å². The Morgan fingerprint density at radius 3 is 1.29 bits per heavy atom. The van der Waals surface area contributed by atoms with Crippen molar-refractivity contribution >= 4 is 28.4 Å². The van der Waals surface area contributed by atoms with E-state index in [2.05, 4.69) is 286 Å². The Balaban J connectivity index is 0.000000673. The van der Waals surface area contributed by atoms with Gasteiger partial charge in [-0.15, -0.1) is 31.7 Å². The van der Waals surface area contributed by atoms with E-state index < -0.39 is 0 Å². The Labute approximate surface area is 751 Å². The van der Waals surface area contributed by atoms with Gasteiger partial charge in [0.05, 0.1) is 102 Å². The molecule has 0 fully saturated rings. The molecule has 0 bridgehead atoms. The van der Waals surface area contributed by atoms with Gasteiger partial charge in [-0.25, -0.2) is 15.0 Å². The molecule has 33 heteroatoms. The molecule has 0 radical (unpaired) electrons. The van der Waals surface area contributed by atoms with Crippen LogP contribution < -0.4 is 17.2 Å². The van der Waals surface area contributed by atoms with Crippen molar-refractivity contribution in [2.75, 3.05) is 17.2 Å². The van der Waals surface area contributed by atoms with Crippen molar-refractivity contribution < 1.29 is 8.83 Å². The molecule has 0 saturated carbocycles. The summed E-state index contributed by atoms with van der Waals surface area (Å²) < 4.78 is 25.8. The minimum atomic E-state index is 0.339. The van der Waals surface area contributed by atoms with Crippen LogP contribution >= 0.6 is 11.3 Å². The van der Waals surface area contributed by atoms with E-state index in [0.717, 1.165) is 62.4 Å². The summed E-state index contributed by atoms with van der Waals surface area (Å²) in [5.74, 6) is 6.77. The van der Waals surface area contributed by atoms with Crippen LogP contribution in [0.3, 0.4) is 0 Å². The average molecular weight is 1750 g/mol. The number of hydrogen-bond donors (Lipinski definition) is 5. The molecule has 8 N–H and O–H groups in total. The van der Waals surface area contributed by atoms with Crippen molar-refractivity contribution in [2.45, 2.75) is 340 Å². The Morgan fingerprint density at radius 1 is 0.456 bits per heavy atom. The first-order valence-corrected chi connectivity index (χ1v) is 44.3. The number of nitrogens with zero attached hydrogens (tertiary/aromatic N) is 25. The third-order valence-electron chi connectivity index (χ3n) is 17.6. The standard InChI is InChI=1S/C8H14N2.2C7H13N3.3C7H12N2.C7H11NO.C7H11N.C6H11N3.C6H10N2O.C6H10N2S.2C6H10N2.C5H9N3/c1-4-10-6-8(5-9-10)7(2)3;1-5(2)10-4-7(8)6(3)9-10;1-5(2)10-6(3)7(8)4-9-10;1-6(2)7-4-8-9(3)5-7;1-6(2)9-4-7(3)8-5-9;1-5(2)7-4-8-9-6(7)3;1-5(2)7-8-4-6(3)9-7;1-6(2)7-3-4-8-5-7;1-5(2)9-4-6(7)3-8-9;2*1-4(2)6-8-7-5(3)9-6;1-6(2)8-4-3-7-5-8;1-6(2)8-5-3-4-7-8;1-5(2)8-6-3-4-7-8/h5-7H,4H2,1-3H3;2*4-5H,8H2,1-3H3;2*4-6H,1-3H3;4-5H,1-3H3,(H,8,9);4-5H,1-3H3;3-6,8H,1-2H3;3-5H,7H2,1-2H3;2*4H,1-3H3;2*3-6H,1-2H3;3-5H,1-2H3. The highest BCUT2D eigenvalue weighted by Crippen LogP contribution is 2.21. The Morgan fingerprint density at radius 2 is 1.06 bits per heavy atom. The number of hydrogen-bond acceptors (Lipinski definition) is 22. The van der Waals surface area contributed by atoms with Crippen LogP contribution in [0.2, 0.25) is 0 Å². The highest BCUT2D eigenvalue weighted by molar-refractivity contribution is 7.11. The minimum Gasteiger partial charge on any atom is -0.446 e. The molecule has 0 aliphatic heterocycles. The van der Waals surface area contributed by atoms with Crippen molar-refractivity contribution in [3.63, 3.8) is 0 Å². The van der Waals surface area contributed by atoms with Crippen molar-refractivity contribution in [3.8, 4) is 0 Å². The summed E-state index contributed by atoms with van der Waals surface area (Å²) in [5.41, 5.74) is 28.4. The number of aromatic nitrogens is 27. The zero-order valence-electron chi connectivity index (χ0n) is 82.7. The fourth-order valence-electron chi connectivity index (χ4n) is 9.69. The molecular weight excluding hydrogens is 1590 g/mol. The number of imidazole rings is 2. The van der Waals surface area contributed by atoms with Gasteiger partial charge in [0.2, 0.25) is 11.8 Å². The molecule has 14 heterocycles. The Kier molecular flexibility index (Phi) is 53.1. The number of nitrogens with one attached hydrogen (secondary N) is 2. The molecule has 694 valence electrons. The predicted octanol–water partition coefficient (Wildman–Crippen LogP) is 22.4. The van der Waals surface area contributed by atoms with Gasteiger partial charge in [0, 0.05) is 148 Å². The average Bonchev–Trinajstić information content (AvgIpc) is 1.73. The van der Waals surface area contributed by atoms with Gasteiger partial charge in [-0.1, -0.05) is 96.9 Å². The molecule has 0 atom stereocenters. The number of rotatable bonds is 15. The van der Waals surface area contributed by atoms with E-state index in [1.54, 1.807) is 66.4 Å². The molecule has 0 saturated heterocycles. The van der Waals surface area contributed by atoms with Crippen molar-refractivity contribution in [1.29, 1.82) is 0 Å². The lowest BCUT2D eigenvalue weighted by Crippen LogP contribution is -2.04. The fourth-order valence-corrected chi connectivity index (χ4v) is 10.4. The second-order valence-corrected chi connectivity index (χ2v) is 35.1. The van der Waals surface area contributed by atoms with E-state index >= 15 is 0 Å². The van der Waals surface area contributed by atoms with Crippen LogP contribution in [0.5, 0.6) is 0 Å². The number of nitrogens with two attached hydrogens (primary N) is 3. The molecule has 14 aromatic heterocycles. The molecular formula is C92H158N30O2S. The zero-order valence-corrected chi connectivity index (χ0v) is 83.5. The van der Waals surface area contributed by atoms with Gasteiger partial charge in [0.15, 0.2) is 5.89 Å². The highest BCUT2D eigenvalue weighted by atomic mass is 32.1. The second-order valence-electron chi connectivity index (χ2n) is 33.9. The maximum absolute atomic E-state index is 5.60. The largest absolute Gasteiger partial charge is 0.446 e. The molecule has 14 rings (SSSR count). The molecule has 0 unspecified atom stereocenters. The first kappa shape index (κ1) is 112. The number of aromatic amines is 2. The summed E-state index contributed by atoms with van der Waals surface area (Å²) in [4.78, 5) is 16.7. The summed E-state index contributed by atoms with van der Waals surface area (Å²) in [7, 11) is 1.94. The second kappa shape index (κ2) is 59.5.